The highest BCUT2D eigenvalue weighted by Gasteiger charge is 2.17. The van der Waals surface area contributed by atoms with Crippen molar-refractivity contribution in [3.05, 3.63) is 53.2 Å². The van der Waals surface area contributed by atoms with Crippen LogP contribution in [-0.2, 0) is 6.54 Å². The minimum Gasteiger partial charge on any atom is -0.347 e. The normalized spacial score (nSPS) is 16.0. The van der Waals surface area contributed by atoms with Crippen LogP contribution >= 0.6 is 0 Å². The Morgan fingerprint density at radius 3 is 2.68 bits per heavy atom. The zero-order valence-corrected chi connectivity index (χ0v) is 19.3. The summed E-state index contributed by atoms with van der Waals surface area (Å²) < 4.78 is 2.44. The fraction of sp³-hybridized carbons (Fsp3) is 0.444. The largest absolute Gasteiger partial charge is 0.347 e. The van der Waals surface area contributed by atoms with Gasteiger partial charge in [-0.15, -0.1) is 0 Å². The van der Waals surface area contributed by atoms with Gasteiger partial charge < -0.3 is 14.5 Å². The minimum absolute atomic E-state index is 0.909. The summed E-state index contributed by atoms with van der Waals surface area (Å²) in [5, 5.41) is 1.34. The fourth-order valence-corrected chi connectivity index (χ4v) is 5.37. The van der Waals surface area contributed by atoms with E-state index < -0.39 is 0 Å². The molecule has 0 aliphatic carbocycles. The molecule has 0 bridgehead atoms. The Balaban J connectivity index is 1.37. The number of piperidine rings is 1. The third kappa shape index (κ3) is 3.89. The first kappa shape index (κ1) is 20.3. The van der Waals surface area contributed by atoms with Crippen LogP contribution in [0.1, 0.15) is 42.4 Å². The molecule has 4 nitrogen and oxygen atoms in total. The van der Waals surface area contributed by atoms with Gasteiger partial charge in [-0.2, -0.15) is 0 Å². The van der Waals surface area contributed by atoms with E-state index in [4.69, 9.17) is 4.98 Å². The molecule has 4 aromatic rings. The van der Waals surface area contributed by atoms with Crippen molar-refractivity contribution in [2.75, 3.05) is 20.1 Å². The molecule has 0 amide bonds. The molecule has 0 radical (unpaired) electrons. The lowest BCUT2D eigenvalue weighted by atomic mass is 9.92. The van der Waals surface area contributed by atoms with Gasteiger partial charge in [-0.25, -0.2) is 4.98 Å². The van der Waals surface area contributed by atoms with Crippen molar-refractivity contribution < 1.29 is 0 Å². The highest BCUT2D eigenvalue weighted by molar-refractivity contribution is 5.91. The smallest absolute Gasteiger partial charge is 0.138 e. The number of fused-ring (bicyclic) bond motifs is 2. The van der Waals surface area contributed by atoms with E-state index in [-0.39, 0.29) is 0 Å². The molecule has 2 aromatic carbocycles. The first-order chi connectivity index (χ1) is 15.0. The van der Waals surface area contributed by atoms with Crippen molar-refractivity contribution in [1.82, 2.24) is 19.4 Å². The lowest BCUT2D eigenvalue weighted by Gasteiger charge is -2.28. The van der Waals surface area contributed by atoms with Crippen LogP contribution in [0.25, 0.3) is 33.3 Å². The second-order valence-electron chi connectivity index (χ2n) is 9.63. The summed E-state index contributed by atoms with van der Waals surface area (Å²) in [6.45, 7) is 10.1. The van der Waals surface area contributed by atoms with Crippen LogP contribution in [0.2, 0.25) is 0 Å². The van der Waals surface area contributed by atoms with Gasteiger partial charge >= 0.3 is 0 Å². The quantitative estimate of drug-likeness (QED) is 0.420. The van der Waals surface area contributed by atoms with Gasteiger partial charge in [0.1, 0.15) is 5.82 Å². The van der Waals surface area contributed by atoms with E-state index in [0.29, 0.717) is 0 Å². The third-order valence-electron chi connectivity index (χ3n) is 7.25. The van der Waals surface area contributed by atoms with E-state index in [1.807, 2.05) is 0 Å². The average molecular weight is 415 g/mol. The number of hydrogen-bond acceptors (Lipinski definition) is 2. The van der Waals surface area contributed by atoms with Crippen LogP contribution < -0.4 is 0 Å². The van der Waals surface area contributed by atoms with Gasteiger partial charge in [0.15, 0.2) is 0 Å². The summed E-state index contributed by atoms with van der Waals surface area (Å²) in [6.07, 6.45) is 7.61. The number of H-pyrrole nitrogens is 1. The number of aryl methyl sites for hydroxylation is 4. The van der Waals surface area contributed by atoms with Crippen molar-refractivity contribution in [3.8, 4) is 11.4 Å². The molecule has 1 aliphatic heterocycles. The summed E-state index contributed by atoms with van der Waals surface area (Å²) in [4.78, 5) is 11.0. The topological polar surface area (TPSA) is 36.9 Å². The summed E-state index contributed by atoms with van der Waals surface area (Å²) in [7, 11) is 2.24. The molecule has 0 saturated carbocycles. The van der Waals surface area contributed by atoms with Gasteiger partial charge in [-0.3, -0.25) is 0 Å². The molecule has 31 heavy (non-hydrogen) atoms. The Morgan fingerprint density at radius 2 is 1.87 bits per heavy atom. The highest BCUT2D eigenvalue weighted by Crippen LogP contribution is 2.31. The van der Waals surface area contributed by atoms with Gasteiger partial charge in [0, 0.05) is 29.2 Å². The molecule has 1 fully saturated rings. The van der Waals surface area contributed by atoms with Crippen LogP contribution in [0, 0.1) is 26.7 Å². The van der Waals surface area contributed by atoms with Gasteiger partial charge in [-0.05, 0) is 113 Å². The SMILES string of the molecule is Cc1cc(C)c2nc(-c3ccc4c(ccn4CCCC4CCN(C)CC4)c3C)[nH]c2c1. The van der Waals surface area contributed by atoms with Gasteiger partial charge in [0.2, 0.25) is 0 Å². The Kier molecular flexibility index (Phi) is 5.35. The lowest BCUT2D eigenvalue weighted by Crippen LogP contribution is -2.30. The van der Waals surface area contributed by atoms with E-state index in [2.05, 4.69) is 78.8 Å². The highest BCUT2D eigenvalue weighted by atomic mass is 15.1. The maximum atomic E-state index is 4.94. The Morgan fingerprint density at radius 1 is 1.06 bits per heavy atom. The van der Waals surface area contributed by atoms with Crippen molar-refractivity contribution in [1.29, 1.82) is 0 Å². The molecule has 3 heterocycles. The van der Waals surface area contributed by atoms with Crippen LogP contribution in [0.4, 0.5) is 0 Å². The Labute approximate surface area is 185 Å². The van der Waals surface area contributed by atoms with Crippen LogP contribution in [-0.4, -0.2) is 39.6 Å². The van der Waals surface area contributed by atoms with Crippen molar-refractivity contribution >= 4 is 21.9 Å². The monoisotopic (exact) mass is 414 g/mol. The van der Waals surface area contributed by atoms with Gasteiger partial charge in [0.25, 0.3) is 0 Å². The lowest BCUT2D eigenvalue weighted by molar-refractivity contribution is 0.209. The number of imidazole rings is 1. The number of hydrogen-bond donors (Lipinski definition) is 1. The number of aromatic nitrogens is 3. The molecule has 1 saturated heterocycles. The number of benzene rings is 2. The summed E-state index contributed by atoms with van der Waals surface area (Å²) >= 11 is 0. The molecule has 0 spiro atoms. The molecule has 2 aromatic heterocycles. The number of likely N-dealkylation sites (tertiary alicyclic amines) is 1. The first-order valence-electron chi connectivity index (χ1n) is 11.7. The van der Waals surface area contributed by atoms with Crippen molar-refractivity contribution in [2.45, 2.75) is 53.0 Å². The minimum atomic E-state index is 0.909. The molecule has 5 rings (SSSR count). The van der Waals surface area contributed by atoms with E-state index in [1.54, 1.807) is 0 Å². The molecule has 1 N–H and O–H groups in total. The zero-order valence-electron chi connectivity index (χ0n) is 19.3. The van der Waals surface area contributed by atoms with E-state index in [1.165, 1.54) is 71.9 Å². The molecule has 1 aliphatic rings. The predicted octanol–water partition coefficient (Wildman–Crippen LogP) is 6.23. The molecular weight excluding hydrogens is 380 g/mol. The van der Waals surface area contributed by atoms with Crippen LogP contribution in [0.15, 0.2) is 36.5 Å². The zero-order chi connectivity index (χ0) is 21.5. The molecular formula is C27H34N4. The Hall–Kier alpha value is -2.59. The van der Waals surface area contributed by atoms with Gasteiger partial charge in [0.05, 0.1) is 11.0 Å². The summed E-state index contributed by atoms with van der Waals surface area (Å²) in [6, 6.07) is 11.2. The van der Waals surface area contributed by atoms with Crippen LogP contribution in [0.3, 0.4) is 0 Å². The third-order valence-corrected chi connectivity index (χ3v) is 7.25. The Bertz CT molecular complexity index is 1220. The maximum Gasteiger partial charge on any atom is 0.138 e. The first-order valence-corrected chi connectivity index (χ1v) is 11.7. The predicted molar refractivity (Wildman–Crippen MR) is 131 cm³/mol. The van der Waals surface area contributed by atoms with E-state index in [0.717, 1.165) is 29.3 Å². The molecule has 0 atom stereocenters. The molecule has 162 valence electrons. The average Bonchev–Trinajstić information content (AvgIpc) is 3.35. The second kappa shape index (κ2) is 8.16. The molecule has 0 unspecified atom stereocenters. The maximum absolute atomic E-state index is 4.94. The summed E-state index contributed by atoms with van der Waals surface area (Å²) in [5.41, 5.74) is 8.54. The number of rotatable bonds is 5. The second-order valence-corrected chi connectivity index (χ2v) is 9.63. The van der Waals surface area contributed by atoms with Crippen molar-refractivity contribution in [2.24, 2.45) is 5.92 Å². The fourth-order valence-electron chi connectivity index (χ4n) is 5.37. The van der Waals surface area contributed by atoms with Crippen molar-refractivity contribution in [3.63, 3.8) is 0 Å². The van der Waals surface area contributed by atoms with E-state index in [9.17, 15) is 0 Å². The summed E-state index contributed by atoms with van der Waals surface area (Å²) in [5.74, 6) is 1.88. The van der Waals surface area contributed by atoms with E-state index >= 15 is 0 Å². The number of nitrogens with zero attached hydrogens (tertiary/aromatic N) is 3. The number of nitrogens with one attached hydrogen (secondary N) is 1. The van der Waals surface area contributed by atoms with Gasteiger partial charge in [-0.1, -0.05) is 6.07 Å². The molecule has 4 heteroatoms. The number of aromatic amines is 1. The standard InChI is InChI=1S/C27H34N4/c1-18-16-19(2)26-24(17-18)28-27(29-26)23-7-8-25-22(20(23)3)11-15-31(25)12-5-6-21-9-13-30(4)14-10-21/h7-8,11,15-17,21H,5-6,9-10,12-14H2,1-4H3,(H,28,29). The van der Waals surface area contributed by atoms with Crippen LogP contribution in [0.5, 0.6) is 0 Å².